The number of carbonyl (C=O) groups is 1. The SMILES string of the molecule is O=C(O)N1CCN(c2nccc(Nc3ccc(-c4ccnc5[nH]ccc45)cc3)n2)CC1. The van der Waals surface area contributed by atoms with Crippen molar-refractivity contribution in [2.75, 3.05) is 36.4 Å². The van der Waals surface area contributed by atoms with E-state index in [-0.39, 0.29) is 0 Å². The van der Waals surface area contributed by atoms with Crippen LogP contribution in [0.3, 0.4) is 0 Å². The lowest BCUT2D eigenvalue weighted by atomic mass is 10.0. The van der Waals surface area contributed by atoms with Crippen molar-refractivity contribution in [3.63, 3.8) is 0 Å². The van der Waals surface area contributed by atoms with E-state index in [1.54, 1.807) is 12.4 Å². The predicted molar refractivity (Wildman–Crippen MR) is 119 cm³/mol. The molecule has 1 amide bonds. The maximum atomic E-state index is 11.1. The van der Waals surface area contributed by atoms with E-state index in [1.165, 1.54) is 4.90 Å². The first-order valence-corrected chi connectivity index (χ1v) is 10.0. The molecule has 1 fully saturated rings. The Balaban J connectivity index is 1.30. The summed E-state index contributed by atoms with van der Waals surface area (Å²) < 4.78 is 0. The van der Waals surface area contributed by atoms with Crippen LogP contribution in [0.4, 0.5) is 22.2 Å². The number of hydrogen-bond donors (Lipinski definition) is 3. The minimum Gasteiger partial charge on any atom is -0.465 e. The van der Waals surface area contributed by atoms with Crippen molar-refractivity contribution in [3.8, 4) is 11.1 Å². The van der Waals surface area contributed by atoms with E-state index >= 15 is 0 Å². The molecule has 156 valence electrons. The van der Waals surface area contributed by atoms with Gasteiger partial charge in [0.15, 0.2) is 0 Å². The smallest absolute Gasteiger partial charge is 0.407 e. The van der Waals surface area contributed by atoms with E-state index in [0.29, 0.717) is 37.9 Å². The number of piperazine rings is 1. The molecule has 0 unspecified atom stereocenters. The molecule has 4 aromatic rings. The minimum atomic E-state index is -0.886. The standard InChI is InChI=1S/C22H21N7O2/c30-22(31)29-13-11-28(12-14-29)21-25-10-7-19(27-21)26-16-3-1-15(2-4-16)17-5-8-23-20-18(17)6-9-24-20/h1-10H,11-14H2,(H,23,24)(H,30,31)(H,25,26,27). The molecule has 1 aromatic carbocycles. The second kappa shape index (κ2) is 7.94. The van der Waals surface area contributed by atoms with E-state index in [1.807, 2.05) is 41.4 Å². The highest BCUT2D eigenvalue weighted by molar-refractivity contribution is 5.93. The summed E-state index contributed by atoms with van der Waals surface area (Å²) in [5.41, 5.74) is 4.03. The van der Waals surface area contributed by atoms with E-state index in [2.05, 4.69) is 37.4 Å². The van der Waals surface area contributed by atoms with Crippen LogP contribution in [0.25, 0.3) is 22.2 Å². The lowest BCUT2D eigenvalue weighted by Gasteiger charge is -2.33. The van der Waals surface area contributed by atoms with Crippen LogP contribution < -0.4 is 10.2 Å². The number of amides is 1. The van der Waals surface area contributed by atoms with Gasteiger partial charge in [0.2, 0.25) is 5.95 Å². The molecule has 9 heteroatoms. The Hall–Kier alpha value is -4.14. The van der Waals surface area contributed by atoms with Crippen LogP contribution in [0, 0.1) is 0 Å². The lowest BCUT2D eigenvalue weighted by Crippen LogP contribution is -2.48. The summed E-state index contributed by atoms with van der Waals surface area (Å²) in [7, 11) is 0. The number of hydrogen-bond acceptors (Lipinski definition) is 6. The van der Waals surface area contributed by atoms with Gasteiger partial charge in [0.05, 0.1) is 0 Å². The van der Waals surface area contributed by atoms with Crippen LogP contribution in [-0.2, 0) is 0 Å². The molecule has 0 atom stereocenters. The summed E-state index contributed by atoms with van der Waals surface area (Å²) in [4.78, 5) is 30.9. The summed E-state index contributed by atoms with van der Waals surface area (Å²) in [5.74, 6) is 1.29. The monoisotopic (exact) mass is 415 g/mol. The molecule has 4 heterocycles. The lowest BCUT2D eigenvalue weighted by molar-refractivity contribution is 0.142. The first-order valence-electron chi connectivity index (χ1n) is 10.0. The van der Waals surface area contributed by atoms with Crippen molar-refractivity contribution < 1.29 is 9.90 Å². The van der Waals surface area contributed by atoms with Crippen LogP contribution >= 0.6 is 0 Å². The molecule has 3 N–H and O–H groups in total. The molecule has 5 rings (SSSR count). The first-order chi connectivity index (χ1) is 15.2. The fourth-order valence-electron chi connectivity index (χ4n) is 3.76. The molecule has 31 heavy (non-hydrogen) atoms. The van der Waals surface area contributed by atoms with Crippen molar-refractivity contribution in [1.29, 1.82) is 0 Å². The number of nitrogens with one attached hydrogen (secondary N) is 2. The normalized spacial score (nSPS) is 14.1. The molecule has 3 aromatic heterocycles. The molecular formula is C22H21N7O2. The molecule has 0 spiro atoms. The van der Waals surface area contributed by atoms with Gasteiger partial charge in [-0.05, 0) is 41.5 Å². The quantitative estimate of drug-likeness (QED) is 0.467. The van der Waals surface area contributed by atoms with Gasteiger partial charge in [-0.2, -0.15) is 4.98 Å². The summed E-state index contributed by atoms with van der Waals surface area (Å²) in [5, 5.41) is 13.5. The second-order valence-electron chi connectivity index (χ2n) is 7.30. The van der Waals surface area contributed by atoms with Crippen molar-refractivity contribution in [2.24, 2.45) is 0 Å². The van der Waals surface area contributed by atoms with Gasteiger partial charge in [0.25, 0.3) is 0 Å². The summed E-state index contributed by atoms with van der Waals surface area (Å²) in [6.45, 7) is 2.04. The van der Waals surface area contributed by atoms with Gasteiger partial charge in [0.1, 0.15) is 11.5 Å². The zero-order valence-corrected chi connectivity index (χ0v) is 16.7. The third-order valence-corrected chi connectivity index (χ3v) is 5.40. The Labute approximate surface area is 178 Å². The highest BCUT2D eigenvalue weighted by Gasteiger charge is 2.22. The fraction of sp³-hybridized carbons (Fsp3) is 0.182. The number of H-pyrrole nitrogens is 1. The third-order valence-electron chi connectivity index (χ3n) is 5.40. The molecule has 0 bridgehead atoms. The molecular weight excluding hydrogens is 394 g/mol. The molecule has 9 nitrogen and oxygen atoms in total. The van der Waals surface area contributed by atoms with Crippen molar-refractivity contribution in [3.05, 3.63) is 61.1 Å². The van der Waals surface area contributed by atoms with Gasteiger partial charge in [0, 0.05) is 55.8 Å². The van der Waals surface area contributed by atoms with Crippen LogP contribution in [0.2, 0.25) is 0 Å². The van der Waals surface area contributed by atoms with Crippen molar-refractivity contribution in [2.45, 2.75) is 0 Å². The maximum Gasteiger partial charge on any atom is 0.407 e. The van der Waals surface area contributed by atoms with E-state index in [4.69, 9.17) is 5.11 Å². The fourth-order valence-corrected chi connectivity index (χ4v) is 3.76. The average Bonchev–Trinajstić information content (AvgIpc) is 3.29. The molecule has 1 aliphatic rings. The number of fused-ring (bicyclic) bond motifs is 1. The minimum absolute atomic E-state index is 0.446. The van der Waals surface area contributed by atoms with Gasteiger partial charge >= 0.3 is 6.09 Å². The third kappa shape index (κ3) is 3.85. The topological polar surface area (TPSA) is 110 Å². The number of anilines is 3. The largest absolute Gasteiger partial charge is 0.465 e. The van der Waals surface area contributed by atoms with E-state index in [0.717, 1.165) is 27.8 Å². The Morgan fingerprint density at radius 2 is 1.74 bits per heavy atom. The number of rotatable bonds is 4. The Morgan fingerprint density at radius 1 is 0.968 bits per heavy atom. The molecule has 0 radical (unpaired) electrons. The highest BCUT2D eigenvalue weighted by atomic mass is 16.4. The number of benzene rings is 1. The average molecular weight is 415 g/mol. The zero-order valence-electron chi connectivity index (χ0n) is 16.7. The second-order valence-corrected chi connectivity index (χ2v) is 7.30. The van der Waals surface area contributed by atoms with Crippen LogP contribution in [0.15, 0.2) is 61.1 Å². The van der Waals surface area contributed by atoms with Gasteiger partial charge < -0.3 is 25.2 Å². The zero-order chi connectivity index (χ0) is 21.2. The van der Waals surface area contributed by atoms with Gasteiger partial charge in [-0.25, -0.2) is 14.8 Å². The Morgan fingerprint density at radius 3 is 2.52 bits per heavy atom. The highest BCUT2D eigenvalue weighted by Crippen LogP contribution is 2.28. The number of aromatic amines is 1. The molecule has 0 aliphatic carbocycles. The van der Waals surface area contributed by atoms with Crippen molar-refractivity contribution >= 4 is 34.6 Å². The Bertz CT molecular complexity index is 1210. The van der Waals surface area contributed by atoms with Gasteiger partial charge in [-0.1, -0.05) is 12.1 Å². The number of aromatic nitrogens is 4. The van der Waals surface area contributed by atoms with E-state index < -0.39 is 6.09 Å². The summed E-state index contributed by atoms with van der Waals surface area (Å²) in [6, 6.07) is 14.0. The first kappa shape index (κ1) is 18.9. The molecule has 0 saturated carbocycles. The predicted octanol–water partition coefficient (Wildman–Crippen LogP) is 3.56. The van der Waals surface area contributed by atoms with Crippen LogP contribution in [0.1, 0.15) is 0 Å². The number of carboxylic acid groups (broad SMARTS) is 1. The van der Waals surface area contributed by atoms with Gasteiger partial charge in [-0.15, -0.1) is 0 Å². The summed E-state index contributed by atoms with van der Waals surface area (Å²) >= 11 is 0. The van der Waals surface area contributed by atoms with E-state index in [9.17, 15) is 4.79 Å². The van der Waals surface area contributed by atoms with Crippen molar-refractivity contribution in [1.82, 2.24) is 24.8 Å². The number of pyridine rings is 1. The number of nitrogens with zero attached hydrogens (tertiary/aromatic N) is 5. The van der Waals surface area contributed by atoms with Crippen LogP contribution in [-0.4, -0.2) is 62.2 Å². The summed E-state index contributed by atoms with van der Waals surface area (Å²) in [6.07, 6.45) is 4.52. The molecule has 1 saturated heterocycles. The van der Waals surface area contributed by atoms with Gasteiger partial charge in [-0.3, -0.25) is 0 Å². The molecule has 1 aliphatic heterocycles. The maximum absolute atomic E-state index is 11.1. The Kier molecular flexibility index (Phi) is 4.83. The van der Waals surface area contributed by atoms with Crippen LogP contribution in [0.5, 0.6) is 0 Å².